The van der Waals surface area contributed by atoms with Crippen LogP contribution < -0.4 is 0 Å². The second-order valence-electron chi connectivity index (χ2n) is 6.47. The standard InChI is InChI=1S/C14H16O5/c1-12-7-18-11(16)14(12,17)9-5-13(6-10(15)19-9)4-2-3-8(12)13/h3,9,17H,2,4-7H2,1H3/t9-,12+,13-,14-/m1/s1. The van der Waals surface area contributed by atoms with Gasteiger partial charge < -0.3 is 14.6 Å². The quantitative estimate of drug-likeness (QED) is 0.515. The Labute approximate surface area is 110 Å². The first-order valence-electron chi connectivity index (χ1n) is 6.73. The average Bonchev–Trinajstić information content (AvgIpc) is 2.85. The van der Waals surface area contributed by atoms with Gasteiger partial charge in [-0.1, -0.05) is 11.6 Å². The van der Waals surface area contributed by atoms with Crippen molar-refractivity contribution in [2.45, 2.75) is 44.3 Å². The smallest absolute Gasteiger partial charge is 0.343 e. The van der Waals surface area contributed by atoms with E-state index >= 15 is 0 Å². The molecule has 1 spiro atoms. The number of carbonyl (C=O) groups is 2. The molecule has 2 aliphatic heterocycles. The van der Waals surface area contributed by atoms with Crippen molar-refractivity contribution in [2.75, 3.05) is 6.61 Å². The van der Waals surface area contributed by atoms with E-state index in [9.17, 15) is 14.7 Å². The summed E-state index contributed by atoms with van der Waals surface area (Å²) >= 11 is 0. The van der Waals surface area contributed by atoms with Gasteiger partial charge in [0.15, 0.2) is 0 Å². The summed E-state index contributed by atoms with van der Waals surface area (Å²) in [6.07, 6.45) is 3.98. The molecule has 1 saturated carbocycles. The molecule has 0 aromatic carbocycles. The minimum absolute atomic E-state index is 0.171. The summed E-state index contributed by atoms with van der Waals surface area (Å²) < 4.78 is 10.4. The first kappa shape index (κ1) is 11.5. The van der Waals surface area contributed by atoms with E-state index in [0.717, 1.165) is 18.4 Å². The Balaban J connectivity index is 1.95. The molecule has 0 unspecified atom stereocenters. The van der Waals surface area contributed by atoms with Crippen LogP contribution in [0.2, 0.25) is 0 Å². The van der Waals surface area contributed by atoms with E-state index in [4.69, 9.17) is 9.47 Å². The van der Waals surface area contributed by atoms with Crippen LogP contribution in [0.1, 0.15) is 32.6 Å². The van der Waals surface area contributed by atoms with Crippen molar-refractivity contribution in [3.63, 3.8) is 0 Å². The number of cyclic esters (lactones) is 1. The molecule has 1 N–H and O–H groups in total. The number of esters is 2. The SMILES string of the molecule is C[C@@]12COC(=O)[C@]1(O)[C@H]1C[C@]3(CCC=C32)CC(=O)O1. The minimum atomic E-state index is -1.72. The molecule has 2 heterocycles. The van der Waals surface area contributed by atoms with E-state index in [0.29, 0.717) is 12.8 Å². The highest BCUT2D eigenvalue weighted by molar-refractivity contribution is 5.87. The van der Waals surface area contributed by atoms with E-state index in [2.05, 4.69) is 6.08 Å². The van der Waals surface area contributed by atoms with E-state index in [-0.39, 0.29) is 18.0 Å². The van der Waals surface area contributed by atoms with E-state index in [1.165, 1.54) is 0 Å². The van der Waals surface area contributed by atoms with Crippen LogP contribution in [0, 0.1) is 10.8 Å². The monoisotopic (exact) mass is 264 g/mol. The number of ether oxygens (including phenoxy) is 2. The van der Waals surface area contributed by atoms with Crippen molar-refractivity contribution >= 4 is 11.9 Å². The lowest BCUT2D eigenvalue weighted by Crippen LogP contribution is -2.67. The molecule has 4 rings (SSSR count). The number of rotatable bonds is 0. The molecule has 19 heavy (non-hydrogen) atoms. The van der Waals surface area contributed by atoms with Crippen LogP contribution in [-0.2, 0) is 19.1 Å². The third kappa shape index (κ3) is 1.04. The summed E-state index contributed by atoms with van der Waals surface area (Å²) in [6, 6.07) is 0. The molecule has 3 fully saturated rings. The Kier molecular flexibility index (Phi) is 1.83. The topological polar surface area (TPSA) is 72.8 Å². The molecule has 4 atom stereocenters. The fraction of sp³-hybridized carbons (Fsp3) is 0.714. The zero-order chi connectivity index (χ0) is 13.5. The molecule has 4 aliphatic rings. The van der Waals surface area contributed by atoms with Gasteiger partial charge in [0, 0.05) is 5.41 Å². The van der Waals surface area contributed by atoms with Gasteiger partial charge >= 0.3 is 11.9 Å². The lowest BCUT2D eigenvalue weighted by molar-refractivity contribution is -0.210. The number of hydrogen-bond donors (Lipinski definition) is 1. The van der Waals surface area contributed by atoms with Gasteiger partial charge in [-0.25, -0.2) is 4.79 Å². The predicted octanol–water partition coefficient (Wildman–Crippen LogP) is 0.706. The summed E-state index contributed by atoms with van der Waals surface area (Å²) in [5.74, 6) is -0.977. The van der Waals surface area contributed by atoms with Crippen molar-refractivity contribution in [3.05, 3.63) is 11.6 Å². The van der Waals surface area contributed by atoms with E-state index in [1.807, 2.05) is 6.92 Å². The average molecular weight is 264 g/mol. The first-order valence-corrected chi connectivity index (χ1v) is 6.73. The lowest BCUT2D eigenvalue weighted by atomic mass is 9.51. The van der Waals surface area contributed by atoms with Gasteiger partial charge in [-0.2, -0.15) is 0 Å². The molecule has 2 saturated heterocycles. The van der Waals surface area contributed by atoms with Crippen molar-refractivity contribution in [3.8, 4) is 0 Å². The molecule has 2 bridgehead atoms. The Hall–Kier alpha value is -1.36. The third-order valence-electron chi connectivity index (χ3n) is 5.58. The molecular weight excluding hydrogens is 248 g/mol. The summed E-state index contributed by atoms with van der Waals surface area (Å²) in [4.78, 5) is 23.9. The Morgan fingerprint density at radius 1 is 1.42 bits per heavy atom. The predicted molar refractivity (Wildman–Crippen MR) is 62.9 cm³/mol. The lowest BCUT2D eigenvalue weighted by Gasteiger charge is -2.55. The summed E-state index contributed by atoms with van der Waals surface area (Å²) in [5.41, 5.74) is -1.68. The third-order valence-corrected chi connectivity index (χ3v) is 5.58. The maximum Gasteiger partial charge on any atom is 0.343 e. The van der Waals surface area contributed by atoms with Crippen molar-refractivity contribution < 1.29 is 24.2 Å². The van der Waals surface area contributed by atoms with E-state index < -0.39 is 23.1 Å². The highest BCUT2D eigenvalue weighted by Crippen LogP contribution is 2.65. The Bertz CT molecular complexity index is 538. The van der Waals surface area contributed by atoms with Crippen LogP contribution in [0.4, 0.5) is 0 Å². The van der Waals surface area contributed by atoms with Crippen LogP contribution in [-0.4, -0.2) is 35.4 Å². The molecule has 0 amide bonds. The normalized spacial score (nSPS) is 51.1. The van der Waals surface area contributed by atoms with Crippen molar-refractivity contribution in [1.29, 1.82) is 0 Å². The maximum atomic E-state index is 12.0. The molecule has 5 nitrogen and oxygen atoms in total. The second kappa shape index (κ2) is 3.03. The second-order valence-corrected chi connectivity index (χ2v) is 6.47. The van der Waals surface area contributed by atoms with Gasteiger partial charge in [-0.3, -0.25) is 4.79 Å². The summed E-state index contributed by atoms with van der Waals surface area (Å²) in [7, 11) is 0. The molecule has 0 radical (unpaired) electrons. The molecule has 5 heteroatoms. The number of aliphatic hydroxyl groups is 1. The molecule has 0 aromatic rings. The van der Waals surface area contributed by atoms with Crippen LogP contribution >= 0.6 is 0 Å². The number of allylic oxidation sites excluding steroid dienone is 1. The number of hydrogen-bond acceptors (Lipinski definition) is 5. The molecule has 2 aliphatic carbocycles. The van der Waals surface area contributed by atoms with Gasteiger partial charge in [-0.05, 0) is 26.2 Å². The minimum Gasteiger partial charge on any atom is -0.462 e. The summed E-state index contributed by atoms with van der Waals surface area (Å²) in [5, 5.41) is 10.9. The van der Waals surface area contributed by atoms with Crippen LogP contribution in [0.5, 0.6) is 0 Å². The largest absolute Gasteiger partial charge is 0.462 e. The van der Waals surface area contributed by atoms with Gasteiger partial charge in [0.05, 0.1) is 11.8 Å². The Morgan fingerprint density at radius 3 is 3.00 bits per heavy atom. The van der Waals surface area contributed by atoms with Crippen LogP contribution in [0.25, 0.3) is 0 Å². The van der Waals surface area contributed by atoms with Crippen LogP contribution in [0.3, 0.4) is 0 Å². The zero-order valence-electron chi connectivity index (χ0n) is 10.8. The fourth-order valence-corrected chi connectivity index (χ4v) is 4.65. The summed E-state index contributed by atoms with van der Waals surface area (Å²) in [6.45, 7) is 2.03. The highest BCUT2D eigenvalue weighted by atomic mass is 16.6. The Morgan fingerprint density at radius 2 is 2.21 bits per heavy atom. The fourth-order valence-electron chi connectivity index (χ4n) is 4.65. The van der Waals surface area contributed by atoms with Crippen molar-refractivity contribution in [2.24, 2.45) is 10.8 Å². The first-order chi connectivity index (χ1) is 8.92. The molecular formula is C14H16O5. The number of fused-ring (bicyclic) bond motifs is 4. The molecule has 0 aromatic heterocycles. The zero-order valence-corrected chi connectivity index (χ0v) is 10.8. The maximum absolute atomic E-state index is 12.0. The van der Waals surface area contributed by atoms with Crippen LogP contribution in [0.15, 0.2) is 11.6 Å². The highest BCUT2D eigenvalue weighted by Gasteiger charge is 2.74. The van der Waals surface area contributed by atoms with E-state index in [1.54, 1.807) is 0 Å². The van der Waals surface area contributed by atoms with Gasteiger partial charge in [0.25, 0.3) is 0 Å². The molecule has 102 valence electrons. The van der Waals surface area contributed by atoms with Gasteiger partial charge in [0.1, 0.15) is 12.7 Å². The number of carbonyl (C=O) groups excluding carboxylic acids is 2. The van der Waals surface area contributed by atoms with Gasteiger partial charge in [0.2, 0.25) is 5.60 Å². The van der Waals surface area contributed by atoms with Crippen molar-refractivity contribution in [1.82, 2.24) is 0 Å². The van der Waals surface area contributed by atoms with Gasteiger partial charge in [-0.15, -0.1) is 0 Å².